The predicted octanol–water partition coefficient (Wildman–Crippen LogP) is 2.79. The maximum atomic E-state index is 13.7. The Kier molecular flexibility index (Phi) is 3.96. The molecule has 0 fully saturated rings. The van der Waals surface area contributed by atoms with E-state index in [4.69, 9.17) is 5.73 Å². The van der Waals surface area contributed by atoms with E-state index < -0.39 is 20.7 Å². The van der Waals surface area contributed by atoms with Crippen molar-refractivity contribution in [3.05, 3.63) is 35.1 Å². The van der Waals surface area contributed by atoms with E-state index in [2.05, 4.69) is 9.71 Å². The smallest absolute Gasteiger partial charge is 0.266 e. The maximum absolute atomic E-state index is 13.7. The summed E-state index contributed by atoms with van der Waals surface area (Å²) in [5.74, 6) is -0.698. The second-order valence-corrected chi connectivity index (χ2v) is 7.04. The number of rotatable bonds is 4. The fraction of sp³-hybridized carbons (Fsp3) is 0.250. The average molecular weight is 315 g/mol. The Hall–Kier alpha value is -1.67. The molecule has 0 atom stereocenters. The molecule has 0 aliphatic heterocycles. The molecule has 2 rings (SSSR count). The van der Waals surface area contributed by atoms with Crippen LogP contribution >= 0.6 is 11.3 Å². The summed E-state index contributed by atoms with van der Waals surface area (Å²) in [5.41, 5.74) is 6.34. The first kappa shape index (κ1) is 14.7. The molecule has 1 aromatic carbocycles. The van der Waals surface area contributed by atoms with E-state index in [0.29, 0.717) is 0 Å². The van der Waals surface area contributed by atoms with Crippen molar-refractivity contribution >= 4 is 32.2 Å². The summed E-state index contributed by atoms with van der Waals surface area (Å²) < 4.78 is 40.1. The number of nitrogens with two attached hydrogens (primary N) is 1. The zero-order valence-corrected chi connectivity index (χ0v) is 12.6. The maximum Gasteiger partial charge on any atom is 0.266 e. The zero-order valence-electron chi connectivity index (χ0n) is 10.9. The van der Waals surface area contributed by atoms with E-state index >= 15 is 0 Å². The lowest BCUT2D eigenvalue weighted by Gasteiger charge is -2.06. The third kappa shape index (κ3) is 3.07. The van der Waals surface area contributed by atoms with Gasteiger partial charge in [0.15, 0.2) is 5.13 Å². The molecule has 108 valence electrons. The first-order valence-electron chi connectivity index (χ1n) is 5.83. The molecule has 2 aromatic rings. The van der Waals surface area contributed by atoms with Gasteiger partial charge in [0.1, 0.15) is 10.7 Å². The number of nitrogen functional groups attached to an aromatic ring is 1. The van der Waals surface area contributed by atoms with Crippen LogP contribution in [0.3, 0.4) is 0 Å². The van der Waals surface area contributed by atoms with Gasteiger partial charge in [-0.05, 0) is 24.1 Å². The van der Waals surface area contributed by atoms with Crippen molar-refractivity contribution in [2.75, 3.05) is 10.5 Å². The van der Waals surface area contributed by atoms with Gasteiger partial charge in [-0.1, -0.05) is 13.8 Å². The summed E-state index contributed by atoms with van der Waals surface area (Å²) in [7, 11) is -4.01. The van der Waals surface area contributed by atoms with Gasteiger partial charge in [0.25, 0.3) is 10.0 Å². The van der Waals surface area contributed by atoms with Crippen LogP contribution in [0.4, 0.5) is 15.2 Å². The van der Waals surface area contributed by atoms with Crippen molar-refractivity contribution in [1.82, 2.24) is 4.98 Å². The minimum atomic E-state index is -4.01. The number of hydrogen-bond donors (Lipinski definition) is 2. The Morgan fingerprint density at radius 3 is 2.65 bits per heavy atom. The van der Waals surface area contributed by atoms with Gasteiger partial charge in [-0.25, -0.2) is 17.8 Å². The molecule has 3 N–H and O–H groups in total. The number of thiazole rings is 1. The number of nitrogens with one attached hydrogen (secondary N) is 1. The van der Waals surface area contributed by atoms with Crippen LogP contribution in [0.5, 0.6) is 0 Å². The lowest BCUT2D eigenvalue weighted by molar-refractivity contribution is 0.571. The fourth-order valence-corrected chi connectivity index (χ4v) is 3.69. The van der Waals surface area contributed by atoms with E-state index in [1.165, 1.54) is 6.07 Å². The monoisotopic (exact) mass is 315 g/mol. The van der Waals surface area contributed by atoms with E-state index in [1.807, 2.05) is 13.8 Å². The SMILES string of the molecule is CC(C)c1csc(NS(=O)(=O)c2ccc(N)cc2F)n1. The summed E-state index contributed by atoms with van der Waals surface area (Å²) in [6.45, 7) is 3.90. The van der Waals surface area contributed by atoms with Crippen LogP contribution in [0.2, 0.25) is 0 Å². The molecule has 0 radical (unpaired) electrons. The molecular weight excluding hydrogens is 301 g/mol. The first-order chi connectivity index (χ1) is 9.29. The van der Waals surface area contributed by atoms with Crippen molar-refractivity contribution in [2.45, 2.75) is 24.7 Å². The van der Waals surface area contributed by atoms with Crippen molar-refractivity contribution < 1.29 is 12.8 Å². The third-order valence-electron chi connectivity index (χ3n) is 2.58. The van der Waals surface area contributed by atoms with Crippen LogP contribution in [-0.4, -0.2) is 13.4 Å². The van der Waals surface area contributed by atoms with Gasteiger partial charge in [-0.3, -0.25) is 4.72 Å². The lowest BCUT2D eigenvalue weighted by atomic mass is 10.2. The summed E-state index contributed by atoms with van der Waals surface area (Å²) in [4.78, 5) is 3.70. The summed E-state index contributed by atoms with van der Waals surface area (Å²) in [5, 5.41) is 1.98. The van der Waals surface area contributed by atoms with Gasteiger partial charge in [0.2, 0.25) is 0 Å². The molecule has 0 aliphatic carbocycles. The zero-order chi connectivity index (χ0) is 14.9. The molecule has 0 amide bonds. The van der Waals surface area contributed by atoms with Crippen molar-refractivity contribution in [3.63, 3.8) is 0 Å². The number of aromatic nitrogens is 1. The molecule has 1 aromatic heterocycles. The lowest BCUT2D eigenvalue weighted by Crippen LogP contribution is -2.14. The van der Waals surface area contributed by atoms with E-state index in [1.54, 1.807) is 5.38 Å². The van der Waals surface area contributed by atoms with E-state index in [-0.39, 0.29) is 16.7 Å². The minimum absolute atomic E-state index is 0.165. The molecule has 20 heavy (non-hydrogen) atoms. The average Bonchev–Trinajstić information content (AvgIpc) is 2.76. The molecule has 5 nitrogen and oxygen atoms in total. The van der Waals surface area contributed by atoms with Gasteiger partial charge in [-0.15, -0.1) is 11.3 Å². The highest BCUT2D eigenvalue weighted by Gasteiger charge is 2.20. The van der Waals surface area contributed by atoms with Gasteiger partial charge < -0.3 is 5.73 Å². The molecule has 0 unspecified atom stereocenters. The molecule has 0 saturated heterocycles. The van der Waals surface area contributed by atoms with Gasteiger partial charge in [0, 0.05) is 11.1 Å². The topological polar surface area (TPSA) is 85.1 Å². The number of nitrogens with zero attached hydrogens (tertiary/aromatic N) is 1. The molecular formula is C12H14FN3O2S2. The van der Waals surface area contributed by atoms with Crippen molar-refractivity contribution in [3.8, 4) is 0 Å². The summed E-state index contributed by atoms with van der Waals surface area (Å²) in [6.07, 6.45) is 0. The number of anilines is 2. The Balaban J connectivity index is 2.30. The second-order valence-electron chi connectivity index (χ2n) is 4.53. The highest BCUT2D eigenvalue weighted by molar-refractivity contribution is 7.93. The van der Waals surface area contributed by atoms with Crippen LogP contribution in [0.25, 0.3) is 0 Å². The molecule has 1 heterocycles. The highest BCUT2D eigenvalue weighted by Crippen LogP contribution is 2.25. The van der Waals surface area contributed by atoms with Crippen molar-refractivity contribution in [2.24, 2.45) is 0 Å². The van der Waals surface area contributed by atoms with Crippen LogP contribution in [0.1, 0.15) is 25.5 Å². The van der Waals surface area contributed by atoms with Crippen LogP contribution in [0.15, 0.2) is 28.5 Å². The number of sulfonamides is 1. The van der Waals surface area contributed by atoms with E-state index in [9.17, 15) is 12.8 Å². The minimum Gasteiger partial charge on any atom is -0.399 e. The Bertz CT molecular complexity index is 726. The molecule has 0 bridgehead atoms. The van der Waals surface area contributed by atoms with Crippen LogP contribution in [0, 0.1) is 5.82 Å². The molecule has 0 saturated carbocycles. The van der Waals surface area contributed by atoms with E-state index in [0.717, 1.165) is 29.2 Å². The van der Waals surface area contributed by atoms with Gasteiger partial charge >= 0.3 is 0 Å². The Morgan fingerprint density at radius 1 is 1.40 bits per heavy atom. The normalized spacial score (nSPS) is 11.8. The summed E-state index contributed by atoms with van der Waals surface area (Å²) in [6, 6.07) is 3.43. The van der Waals surface area contributed by atoms with Gasteiger partial charge in [0.05, 0.1) is 5.69 Å². The Labute approximate surface area is 120 Å². The highest BCUT2D eigenvalue weighted by atomic mass is 32.2. The molecule has 0 spiro atoms. The number of halogens is 1. The van der Waals surface area contributed by atoms with Crippen molar-refractivity contribution in [1.29, 1.82) is 0 Å². The standard InChI is InChI=1S/C12H14FN3O2S2/c1-7(2)10-6-19-12(15-10)16-20(17,18)11-4-3-8(14)5-9(11)13/h3-7H,14H2,1-2H3,(H,15,16). The fourth-order valence-electron chi connectivity index (χ4n) is 1.50. The first-order valence-corrected chi connectivity index (χ1v) is 8.19. The molecule has 8 heteroatoms. The number of benzene rings is 1. The van der Waals surface area contributed by atoms with Crippen LogP contribution in [-0.2, 0) is 10.0 Å². The summed E-state index contributed by atoms with van der Waals surface area (Å²) >= 11 is 1.16. The predicted molar refractivity (Wildman–Crippen MR) is 77.8 cm³/mol. The quantitative estimate of drug-likeness (QED) is 0.850. The molecule has 0 aliphatic rings. The Morgan fingerprint density at radius 2 is 2.10 bits per heavy atom. The number of hydrogen-bond acceptors (Lipinski definition) is 5. The third-order valence-corrected chi connectivity index (χ3v) is 4.86. The van der Waals surface area contributed by atoms with Crippen LogP contribution < -0.4 is 10.5 Å². The van der Waals surface area contributed by atoms with Gasteiger partial charge in [-0.2, -0.15) is 0 Å². The second kappa shape index (κ2) is 5.37. The largest absolute Gasteiger partial charge is 0.399 e.